The predicted molar refractivity (Wildman–Crippen MR) is 45.8 cm³/mol. The third-order valence-electron chi connectivity index (χ3n) is 3.62. The monoisotopic (exact) mass is 160 g/mol. The quantitative estimate of drug-likeness (QED) is 0.626. The zero-order valence-electron chi connectivity index (χ0n) is 7.46. The molecule has 0 amide bonds. The molecule has 2 fully saturated rings. The minimum atomic E-state index is 0.515. The van der Waals surface area contributed by atoms with Gasteiger partial charge in [0.25, 0.3) is 0 Å². The van der Waals surface area contributed by atoms with Crippen LogP contribution >= 0.6 is 0 Å². The highest BCUT2D eigenvalue weighted by Crippen LogP contribution is 2.85. The molecule has 62 valence electrons. The Morgan fingerprint density at radius 3 is 2.17 bits per heavy atom. The molecule has 0 bridgehead atoms. The molecule has 2 nitrogen and oxygen atoms in total. The van der Waals surface area contributed by atoms with Gasteiger partial charge in [0.1, 0.15) is 5.82 Å². The van der Waals surface area contributed by atoms with Gasteiger partial charge in [-0.15, -0.1) is 0 Å². The van der Waals surface area contributed by atoms with E-state index in [1.807, 2.05) is 19.3 Å². The van der Waals surface area contributed by atoms with Crippen LogP contribution in [0.15, 0.2) is 12.4 Å². The Kier molecular flexibility index (Phi) is 0.856. The highest BCUT2D eigenvalue weighted by atomic mass is 14.9. The Bertz CT molecular complexity index is 333. The Balaban J connectivity index is 2.00. The summed E-state index contributed by atoms with van der Waals surface area (Å²) in [6.07, 6.45) is 6.71. The molecule has 12 heavy (non-hydrogen) atoms. The van der Waals surface area contributed by atoms with Crippen LogP contribution in [0, 0.1) is 12.3 Å². The molecule has 2 aliphatic rings. The highest BCUT2D eigenvalue weighted by molar-refractivity contribution is 5.47. The zero-order chi connectivity index (χ0) is 8.40. The molecule has 0 unspecified atom stereocenters. The first-order valence-electron chi connectivity index (χ1n) is 4.46. The van der Waals surface area contributed by atoms with E-state index >= 15 is 0 Å². The molecule has 0 aromatic carbocycles. The highest BCUT2D eigenvalue weighted by Gasteiger charge is 2.80. The van der Waals surface area contributed by atoms with Gasteiger partial charge in [0.2, 0.25) is 0 Å². The molecule has 1 aromatic heterocycles. The van der Waals surface area contributed by atoms with Gasteiger partial charge in [0.15, 0.2) is 0 Å². The third kappa shape index (κ3) is 0.576. The molecule has 0 saturated heterocycles. The van der Waals surface area contributed by atoms with Crippen LogP contribution in [-0.2, 0) is 5.41 Å². The van der Waals surface area contributed by atoms with Crippen molar-refractivity contribution in [1.82, 2.24) is 9.97 Å². The van der Waals surface area contributed by atoms with Crippen LogP contribution in [0.4, 0.5) is 0 Å². The van der Waals surface area contributed by atoms with E-state index < -0.39 is 0 Å². The number of hydrogen-bond acceptors (Lipinski definition) is 2. The maximum Gasteiger partial charge on any atom is 0.125 e. The van der Waals surface area contributed by atoms with Crippen molar-refractivity contribution in [2.45, 2.75) is 32.1 Å². The molecule has 0 atom stereocenters. The van der Waals surface area contributed by atoms with Crippen molar-refractivity contribution in [3.05, 3.63) is 23.8 Å². The zero-order valence-corrected chi connectivity index (χ0v) is 7.46. The van der Waals surface area contributed by atoms with E-state index in [4.69, 9.17) is 0 Å². The van der Waals surface area contributed by atoms with Crippen LogP contribution in [0.25, 0.3) is 0 Å². The summed E-state index contributed by atoms with van der Waals surface area (Å²) in [5.41, 5.74) is 2.50. The van der Waals surface area contributed by atoms with Crippen molar-refractivity contribution in [2.75, 3.05) is 0 Å². The Hall–Kier alpha value is -0.920. The molecular weight excluding hydrogens is 148 g/mol. The van der Waals surface area contributed by atoms with Gasteiger partial charge in [-0.3, -0.25) is 0 Å². The predicted octanol–water partition coefficient (Wildman–Crippen LogP) is 1.84. The lowest BCUT2D eigenvalue weighted by atomic mass is 10.1. The second-order valence-corrected chi connectivity index (χ2v) is 4.52. The number of aromatic nitrogens is 2. The standard InChI is InChI=1S/C10H12N2/c1-7-11-3-8(4-12-7)10-5-9(10,2)6-10/h3-4H,5-6H2,1-2H3. The first-order chi connectivity index (χ1) is 5.66. The number of fused-ring (bicyclic) bond motifs is 1. The third-order valence-corrected chi connectivity index (χ3v) is 3.62. The Labute approximate surface area is 72.0 Å². The van der Waals surface area contributed by atoms with Crippen LogP contribution in [0.1, 0.15) is 31.2 Å². The van der Waals surface area contributed by atoms with Crippen molar-refractivity contribution in [3.63, 3.8) is 0 Å². The maximum atomic E-state index is 4.23. The molecule has 1 heterocycles. The van der Waals surface area contributed by atoms with Crippen molar-refractivity contribution < 1.29 is 0 Å². The largest absolute Gasteiger partial charge is 0.241 e. The van der Waals surface area contributed by atoms with Gasteiger partial charge in [-0.05, 0) is 30.7 Å². The molecule has 1 aromatic rings. The number of nitrogens with zero attached hydrogens (tertiary/aromatic N) is 2. The number of hydrogen-bond donors (Lipinski definition) is 0. The van der Waals surface area contributed by atoms with E-state index in [1.54, 1.807) is 0 Å². The number of rotatable bonds is 1. The molecule has 2 heteroatoms. The van der Waals surface area contributed by atoms with E-state index in [2.05, 4.69) is 16.9 Å². The van der Waals surface area contributed by atoms with Crippen molar-refractivity contribution in [1.29, 1.82) is 0 Å². The van der Waals surface area contributed by atoms with Crippen molar-refractivity contribution in [3.8, 4) is 0 Å². The smallest absolute Gasteiger partial charge is 0.125 e. The van der Waals surface area contributed by atoms with E-state index in [0.717, 1.165) is 5.82 Å². The summed E-state index contributed by atoms with van der Waals surface area (Å²) in [6.45, 7) is 4.29. The van der Waals surface area contributed by atoms with Crippen molar-refractivity contribution >= 4 is 0 Å². The Morgan fingerprint density at radius 2 is 1.75 bits per heavy atom. The second-order valence-electron chi connectivity index (χ2n) is 4.52. The first kappa shape index (κ1) is 6.58. The minimum absolute atomic E-state index is 0.515. The molecule has 0 spiro atoms. The fourth-order valence-corrected chi connectivity index (χ4v) is 2.38. The summed E-state index contributed by atoms with van der Waals surface area (Å²) in [6, 6.07) is 0. The molecule has 0 radical (unpaired) electrons. The average Bonchev–Trinajstić information content (AvgIpc) is 2.75. The van der Waals surface area contributed by atoms with Crippen LogP contribution in [-0.4, -0.2) is 9.97 Å². The topological polar surface area (TPSA) is 25.8 Å². The van der Waals surface area contributed by atoms with Gasteiger partial charge >= 0.3 is 0 Å². The minimum Gasteiger partial charge on any atom is -0.241 e. The lowest BCUT2D eigenvalue weighted by Gasteiger charge is -2.01. The van der Waals surface area contributed by atoms with Gasteiger partial charge in [-0.25, -0.2) is 9.97 Å². The summed E-state index contributed by atoms with van der Waals surface area (Å²) >= 11 is 0. The van der Waals surface area contributed by atoms with E-state index in [9.17, 15) is 0 Å². The molecular formula is C10H12N2. The molecule has 0 N–H and O–H groups in total. The Morgan fingerprint density at radius 1 is 1.25 bits per heavy atom. The van der Waals surface area contributed by atoms with Gasteiger partial charge in [0.05, 0.1) is 0 Å². The normalized spacial score (nSPS) is 42.2. The molecule has 2 saturated carbocycles. The van der Waals surface area contributed by atoms with Crippen LogP contribution < -0.4 is 0 Å². The molecule has 3 rings (SSSR count). The van der Waals surface area contributed by atoms with Gasteiger partial charge in [-0.1, -0.05) is 6.92 Å². The van der Waals surface area contributed by atoms with E-state index in [0.29, 0.717) is 10.8 Å². The fourth-order valence-electron chi connectivity index (χ4n) is 2.38. The SMILES string of the molecule is Cc1ncc(C23CC2(C)C3)cn1. The summed E-state index contributed by atoms with van der Waals surface area (Å²) in [5.74, 6) is 0.873. The summed E-state index contributed by atoms with van der Waals surface area (Å²) in [4.78, 5) is 8.46. The molecule has 2 aliphatic carbocycles. The van der Waals surface area contributed by atoms with Gasteiger partial charge in [0, 0.05) is 17.8 Å². The van der Waals surface area contributed by atoms with E-state index in [1.165, 1.54) is 18.4 Å². The van der Waals surface area contributed by atoms with Gasteiger partial charge < -0.3 is 0 Å². The molecule has 0 aliphatic heterocycles. The summed E-state index contributed by atoms with van der Waals surface area (Å²) < 4.78 is 0. The van der Waals surface area contributed by atoms with Crippen LogP contribution in [0.2, 0.25) is 0 Å². The number of aryl methyl sites for hydroxylation is 1. The summed E-state index contributed by atoms with van der Waals surface area (Å²) in [5, 5.41) is 0. The van der Waals surface area contributed by atoms with Crippen LogP contribution in [0.5, 0.6) is 0 Å². The lowest BCUT2D eigenvalue weighted by Crippen LogP contribution is -1.97. The van der Waals surface area contributed by atoms with E-state index in [-0.39, 0.29) is 0 Å². The summed E-state index contributed by atoms with van der Waals surface area (Å²) in [7, 11) is 0. The van der Waals surface area contributed by atoms with Gasteiger partial charge in [-0.2, -0.15) is 0 Å². The maximum absolute atomic E-state index is 4.23. The fraction of sp³-hybridized carbons (Fsp3) is 0.600. The lowest BCUT2D eigenvalue weighted by molar-refractivity contribution is 0.711. The van der Waals surface area contributed by atoms with Crippen molar-refractivity contribution in [2.24, 2.45) is 5.41 Å². The first-order valence-corrected chi connectivity index (χ1v) is 4.46. The second kappa shape index (κ2) is 1.56. The van der Waals surface area contributed by atoms with Crippen LogP contribution in [0.3, 0.4) is 0 Å². The average molecular weight is 160 g/mol.